The van der Waals surface area contributed by atoms with Crippen LogP contribution in [0.15, 0.2) is 72.3 Å². The highest BCUT2D eigenvalue weighted by Crippen LogP contribution is 2.31. The van der Waals surface area contributed by atoms with E-state index in [1.54, 1.807) is 30.3 Å². The zero-order valence-electron chi connectivity index (χ0n) is 16.8. The first-order valence-electron chi connectivity index (χ1n) is 10.1. The van der Waals surface area contributed by atoms with Crippen molar-refractivity contribution in [1.29, 1.82) is 0 Å². The smallest absolute Gasteiger partial charge is 0.302 e. The van der Waals surface area contributed by atoms with Gasteiger partial charge in [0.15, 0.2) is 11.6 Å². The highest BCUT2D eigenvalue weighted by molar-refractivity contribution is 6.39. The lowest BCUT2D eigenvalue weighted by atomic mass is 10.1. The summed E-state index contributed by atoms with van der Waals surface area (Å²) in [5.41, 5.74) is 2.99. The van der Waals surface area contributed by atoms with E-state index in [-0.39, 0.29) is 29.2 Å². The van der Waals surface area contributed by atoms with Gasteiger partial charge in [0, 0.05) is 30.3 Å². The Morgan fingerprint density at radius 1 is 1.03 bits per heavy atom. The molecule has 0 amide bonds. The Morgan fingerprint density at radius 2 is 1.67 bits per heavy atom. The number of carbonyl (C=O) groups is 3. The monoisotopic (exact) mass is 401 g/mol. The third-order valence-electron chi connectivity index (χ3n) is 5.55. The average Bonchev–Trinajstić information content (AvgIpc) is 3.32. The molecular formula is C25H23NO4. The topological polar surface area (TPSA) is 63.7 Å². The summed E-state index contributed by atoms with van der Waals surface area (Å²) in [7, 11) is 0. The fourth-order valence-electron chi connectivity index (χ4n) is 4.09. The summed E-state index contributed by atoms with van der Waals surface area (Å²) in [6.45, 7) is 2.55. The van der Waals surface area contributed by atoms with E-state index in [9.17, 15) is 14.4 Å². The van der Waals surface area contributed by atoms with Crippen LogP contribution >= 0.6 is 0 Å². The number of fused-ring (bicyclic) bond motifs is 1. The van der Waals surface area contributed by atoms with Crippen LogP contribution in [0.3, 0.4) is 0 Å². The first-order chi connectivity index (χ1) is 14.6. The summed E-state index contributed by atoms with van der Waals surface area (Å²) >= 11 is 0. The first-order valence-corrected chi connectivity index (χ1v) is 10.1. The molecule has 0 radical (unpaired) electrons. The highest BCUT2D eigenvalue weighted by Gasteiger charge is 2.32. The molecule has 2 aromatic rings. The molecule has 0 N–H and O–H groups in total. The van der Waals surface area contributed by atoms with Crippen molar-refractivity contribution in [2.45, 2.75) is 25.8 Å². The number of carbonyl (C=O) groups excluding carboxylic acids is 3. The minimum atomic E-state index is -0.297. The van der Waals surface area contributed by atoms with Gasteiger partial charge in [-0.3, -0.25) is 14.4 Å². The van der Waals surface area contributed by atoms with Gasteiger partial charge in [-0.2, -0.15) is 0 Å². The van der Waals surface area contributed by atoms with Crippen LogP contribution in [-0.4, -0.2) is 41.6 Å². The molecule has 1 aliphatic carbocycles. The SMILES string of the molecule is CC(=O)OC[C@@H]1CCCN1/C(=C\C=C1C(=O)c2ccccc2C1=O)c1ccccc1. The number of esters is 1. The van der Waals surface area contributed by atoms with Crippen LogP contribution in [0.4, 0.5) is 0 Å². The molecule has 0 aromatic heterocycles. The summed E-state index contributed by atoms with van der Waals surface area (Å²) in [6.07, 6.45) is 5.37. The second kappa shape index (κ2) is 8.49. The molecule has 0 saturated carbocycles. The Morgan fingerprint density at radius 3 is 2.30 bits per heavy atom. The number of hydrogen-bond donors (Lipinski definition) is 0. The third-order valence-corrected chi connectivity index (χ3v) is 5.55. The van der Waals surface area contributed by atoms with Crippen LogP contribution in [0, 0.1) is 0 Å². The molecule has 5 heteroatoms. The predicted octanol–water partition coefficient (Wildman–Crippen LogP) is 4.06. The van der Waals surface area contributed by atoms with Crippen LogP contribution < -0.4 is 0 Å². The summed E-state index contributed by atoms with van der Waals surface area (Å²) in [4.78, 5) is 38.9. The fraction of sp³-hybridized carbons (Fsp3) is 0.240. The van der Waals surface area contributed by atoms with Crippen LogP contribution in [0.1, 0.15) is 46.0 Å². The quantitative estimate of drug-likeness (QED) is 0.429. The molecule has 1 fully saturated rings. The second-order valence-corrected chi connectivity index (χ2v) is 7.49. The van der Waals surface area contributed by atoms with Crippen LogP contribution in [0.5, 0.6) is 0 Å². The molecule has 1 heterocycles. The minimum absolute atomic E-state index is 0.0611. The molecule has 0 bridgehead atoms. The van der Waals surface area contributed by atoms with Gasteiger partial charge in [-0.15, -0.1) is 0 Å². The van der Waals surface area contributed by atoms with Gasteiger partial charge < -0.3 is 9.64 Å². The molecule has 0 unspecified atom stereocenters. The number of rotatable bonds is 5. The number of ether oxygens (including phenoxy) is 1. The number of benzene rings is 2. The fourth-order valence-corrected chi connectivity index (χ4v) is 4.09. The van der Waals surface area contributed by atoms with E-state index < -0.39 is 0 Å². The largest absolute Gasteiger partial charge is 0.464 e. The summed E-state index contributed by atoms with van der Waals surface area (Å²) in [5.74, 6) is -0.775. The van der Waals surface area contributed by atoms with Gasteiger partial charge in [-0.25, -0.2) is 0 Å². The van der Waals surface area contributed by atoms with E-state index >= 15 is 0 Å². The summed E-state index contributed by atoms with van der Waals surface area (Å²) in [6, 6.07) is 16.8. The van der Waals surface area contributed by atoms with Crippen LogP contribution in [0.25, 0.3) is 5.70 Å². The third kappa shape index (κ3) is 3.83. The number of hydrogen-bond acceptors (Lipinski definition) is 5. The molecule has 0 spiro atoms. The molecule has 30 heavy (non-hydrogen) atoms. The lowest BCUT2D eigenvalue weighted by molar-refractivity contribution is -0.142. The predicted molar refractivity (Wildman–Crippen MR) is 114 cm³/mol. The highest BCUT2D eigenvalue weighted by atomic mass is 16.5. The Bertz CT molecular complexity index is 1010. The molecule has 4 rings (SSSR count). The molecule has 5 nitrogen and oxygen atoms in total. The van der Waals surface area contributed by atoms with Gasteiger partial charge in [0.1, 0.15) is 6.61 Å². The van der Waals surface area contributed by atoms with Crippen molar-refractivity contribution in [3.8, 4) is 0 Å². The molecule has 2 aliphatic rings. The van der Waals surface area contributed by atoms with Crippen molar-refractivity contribution in [1.82, 2.24) is 4.90 Å². The Labute approximate surface area is 175 Å². The van der Waals surface area contributed by atoms with Gasteiger partial charge in [0.2, 0.25) is 0 Å². The zero-order valence-corrected chi connectivity index (χ0v) is 16.8. The Balaban J connectivity index is 1.70. The van der Waals surface area contributed by atoms with Crippen molar-refractivity contribution >= 4 is 23.2 Å². The van der Waals surface area contributed by atoms with Gasteiger partial charge in [0.25, 0.3) is 0 Å². The lowest BCUT2D eigenvalue weighted by Crippen LogP contribution is -2.32. The number of allylic oxidation sites excluding steroid dienone is 3. The normalized spacial score (nSPS) is 18.6. The average molecular weight is 401 g/mol. The molecular weight excluding hydrogens is 378 g/mol. The molecule has 1 aliphatic heterocycles. The maximum absolute atomic E-state index is 12.7. The molecule has 1 saturated heterocycles. The molecule has 1 atom stereocenters. The van der Waals surface area contributed by atoms with E-state index in [1.165, 1.54) is 6.92 Å². The van der Waals surface area contributed by atoms with Crippen LogP contribution in [0.2, 0.25) is 0 Å². The number of likely N-dealkylation sites (tertiary alicyclic amines) is 1. The Hall–Kier alpha value is -3.47. The summed E-state index contributed by atoms with van der Waals surface area (Å²) in [5, 5.41) is 0. The van der Waals surface area contributed by atoms with Gasteiger partial charge in [-0.05, 0) is 30.6 Å². The summed E-state index contributed by atoms with van der Waals surface area (Å²) < 4.78 is 5.26. The minimum Gasteiger partial charge on any atom is -0.464 e. The van der Waals surface area contributed by atoms with Gasteiger partial charge in [-0.1, -0.05) is 54.6 Å². The molecule has 2 aromatic carbocycles. The van der Waals surface area contributed by atoms with Crippen LogP contribution in [-0.2, 0) is 9.53 Å². The first kappa shape index (κ1) is 19.8. The lowest BCUT2D eigenvalue weighted by Gasteiger charge is -2.29. The van der Waals surface area contributed by atoms with Gasteiger partial charge >= 0.3 is 5.97 Å². The number of ketones is 2. The van der Waals surface area contributed by atoms with Crippen molar-refractivity contribution in [3.05, 3.63) is 89.0 Å². The van der Waals surface area contributed by atoms with Crippen molar-refractivity contribution < 1.29 is 19.1 Å². The molecule has 152 valence electrons. The number of nitrogens with zero attached hydrogens (tertiary/aromatic N) is 1. The van der Waals surface area contributed by atoms with E-state index in [2.05, 4.69) is 4.90 Å². The maximum Gasteiger partial charge on any atom is 0.302 e. The van der Waals surface area contributed by atoms with E-state index in [0.717, 1.165) is 30.6 Å². The van der Waals surface area contributed by atoms with E-state index in [1.807, 2.05) is 36.4 Å². The van der Waals surface area contributed by atoms with Crippen molar-refractivity contribution in [3.63, 3.8) is 0 Å². The number of Topliss-reactive ketones (excluding diaryl/α,β-unsaturated/α-hetero) is 2. The maximum atomic E-state index is 12.7. The van der Waals surface area contributed by atoms with Crippen molar-refractivity contribution in [2.24, 2.45) is 0 Å². The standard InChI is InChI=1S/C25H23NO4/c1-17(27)30-16-19-10-7-15-26(19)23(18-8-3-2-4-9-18)14-13-22-24(28)20-11-5-6-12-21(20)25(22)29/h2-6,8-9,11-14,19H,7,10,15-16H2,1H3/b23-14-/t19-/m0/s1. The van der Waals surface area contributed by atoms with Crippen molar-refractivity contribution in [2.75, 3.05) is 13.2 Å². The van der Waals surface area contributed by atoms with E-state index in [4.69, 9.17) is 4.74 Å². The zero-order chi connectivity index (χ0) is 21.1. The van der Waals surface area contributed by atoms with Gasteiger partial charge in [0.05, 0.1) is 11.6 Å². The Kier molecular flexibility index (Phi) is 5.61. The van der Waals surface area contributed by atoms with E-state index in [0.29, 0.717) is 17.7 Å². The second-order valence-electron chi connectivity index (χ2n) is 7.49.